The van der Waals surface area contributed by atoms with Crippen LogP contribution in [0.1, 0.15) is 24.1 Å². The molecule has 0 aliphatic carbocycles. The van der Waals surface area contributed by atoms with Gasteiger partial charge in [0, 0.05) is 26.2 Å². The first-order chi connectivity index (χ1) is 13.0. The Kier molecular flexibility index (Phi) is 8.12. The van der Waals surface area contributed by atoms with Crippen LogP contribution in [0.25, 0.3) is 0 Å². The van der Waals surface area contributed by atoms with Crippen molar-refractivity contribution in [2.75, 3.05) is 45.9 Å². The fraction of sp³-hybridized carbons (Fsp3) is 0.526. The lowest BCUT2D eigenvalue weighted by Crippen LogP contribution is -2.41. The van der Waals surface area contributed by atoms with Crippen LogP contribution in [-0.4, -0.2) is 56.8 Å². The van der Waals surface area contributed by atoms with Gasteiger partial charge in [-0.3, -0.25) is 9.89 Å². The molecule has 1 heterocycles. The average Bonchev–Trinajstić information content (AvgIpc) is 2.66. The lowest BCUT2D eigenvalue weighted by Gasteiger charge is -2.34. The van der Waals surface area contributed by atoms with E-state index >= 15 is 0 Å². The molecule has 1 aromatic rings. The fourth-order valence-corrected chi connectivity index (χ4v) is 2.90. The minimum absolute atomic E-state index is 0.115. The largest absolute Gasteiger partial charge is 0.416 e. The van der Waals surface area contributed by atoms with E-state index in [9.17, 15) is 13.2 Å². The zero-order valence-electron chi connectivity index (χ0n) is 15.6. The van der Waals surface area contributed by atoms with Gasteiger partial charge in [-0.2, -0.15) is 13.2 Å². The van der Waals surface area contributed by atoms with Crippen molar-refractivity contribution < 1.29 is 17.9 Å². The molecule has 1 atom stereocenters. The Hall–Kier alpha value is -2.06. The molecule has 1 saturated heterocycles. The van der Waals surface area contributed by atoms with Crippen LogP contribution < -0.4 is 10.6 Å². The fourth-order valence-electron chi connectivity index (χ4n) is 2.90. The maximum Gasteiger partial charge on any atom is 0.416 e. The molecule has 1 aromatic carbocycles. The zero-order chi connectivity index (χ0) is 19.7. The van der Waals surface area contributed by atoms with Gasteiger partial charge in [0.15, 0.2) is 5.96 Å². The predicted octanol–water partition coefficient (Wildman–Crippen LogP) is 2.82. The highest BCUT2D eigenvalue weighted by atomic mass is 19.4. The molecule has 1 unspecified atom stereocenters. The number of hydrogen-bond acceptors (Lipinski definition) is 3. The van der Waals surface area contributed by atoms with E-state index in [0.29, 0.717) is 38.8 Å². The van der Waals surface area contributed by atoms with E-state index < -0.39 is 11.7 Å². The van der Waals surface area contributed by atoms with Crippen molar-refractivity contribution in [3.63, 3.8) is 0 Å². The number of morpholine rings is 1. The van der Waals surface area contributed by atoms with E-state index in [4.69, 9.17) is 4.74 Å². The van der Waals surface area contributed by atoms with Crippen LogP contribution in [0.2, 0.25) is 0 Å². The number of hydrogen-bond donors (Lipinski definition) is 2. The predicted molar refractivity (Wildman–Crippen MR) is 101 cm³/mol. The number of nitrogens with one attached hydrogen (secondary N) is 2. The molecule has 2 rings (SSSR count). The smallest absolute Gasteiger partial charge is 0.379 e. The monoisotopic (exact) mass is 384 g/mol. The summed E-state index contributed by atoms with van der Waals surface area (Å²) in [6.07, 6.45) is -2.60. The maximum atomic E-state index is 12.9. The first-order valence-corrected chi connectivity index (χ1v) is 9.07. The van der Waals surface area contributed by atoms with Gasteiger partial charge in [0.25, 0.3) is 0 Å². The topological polar surface area (TPSA) is 48.9 Å². The van der Waals surface area contributed by atoms with Gasteiger partial charge in [-0.05, 0) is 24.6 Å². The third-order valence-corrected chi connectivity index (χ3v) is 4.29. The summed E-state index contributed by atoms with van der Waals surface area (Å²) in [6.45, 7) is 10.0. The Balaban J connectivity index is 2.21. The molecule has 1 fully saturated rings. The van der Waals surface area contributed by atoms with Crippen molar-refractivity contribution in [1.29, 1.82) is 0 Å². The lowest BCUT2D eigenvalue weighted by molar-refractivity contribution is -0.137. The number of alkyl halides is 3. The highest BCUT2D eigenvalue weighted by molar-refractivity contribution is 5.79. The molecular weight excluding hydrogens is 357 g/mol. The molecule has 5 nitrogen and oxygen atoms in total. The standard InChI is InChI=1S/C19H27F3N4O/c1-3-9-24-18(23-4-2)25-14-17(26-10-12-27-13-11-26)15-5-7-16(8-6-15)19(20,21)22/h3,5-8,17H,1,4,9-14H2,2H3,(H2,23,24,25). The molecule has 0 amide bonds. The normalized spacial score (nSPS) is 17.4. The van der Waals surface area contributed by atoms with Gasteiger partial charge in [-0.15, -0.1) is 6.58 Å². The Labute approximate surface area is 158 Å². The van der Waals surface area contributed by atoms with Gasteiger partial charge in [0.05, 0.1) is 31.4 Å². The minimum Gasteiger partial charge on any atom is -0.379 e. The quantitative estimate of drug-likeness (QED) is 0.431. The molecule has 1 aliphatic rings. The molecule has 150 valence electrons. The Morgan fingerprint density at radius 1 is 1.26 bits per heavy atom. The van der Waals surface area contributed by atoms with Crippen molar-refractivity contribution in [1.82, 2.24) is 15.5 Å². The van der Waals surface area contributed by atoms with Crippen molar-refractivity contribution >= 4 is 5.96 Å². The van der Waals surface area contributed by atoms with Crippen molar-refractivity contribution in [2.24, 2.45) is 4.99 Å². The summed E-state index contributed by atoms with van der Waals surface area (Å²) >= 11 is 0. The highest BCUT2D eigenvalue weighted by Crippen LogP contribution is 2.31. The van der Waals surface area contributed by atoms with E-state index in [1.165, 1.54) is 0 Å². The van der Waals surface area contributed by atoms with Crippen molar-refractivity contribution in [3.05, 3.63) is 48.0 Å². The Morgan fingerprint density at radius 3 is 2.48 bits per heavy atom. The number of benzene rings is 1. The van der Waals surface area contributed by atoms with Crippen LogP contribution in [0.5, 0.6) is 0 Å². The number of rotatable bonds is 7. The van der Waals surface area contributed by atoms with E-state index in [-0.39, 0.29) is 6.04 Å². The van der Waals surface area contributed by atoms with Crippen LogP contribution in [0.3, 0.4) is 0 Å². The van der Waals surface area contributed by atoms with Gasteiger partial charge in [-0.25, -0.2) is 0 Å². The molecule has 0 aromatic heterocycles. The van der Waals surface area contributed by atoms with Crippen LogP contribution in [-0.2, 0) is 10.9 Å². The van der Waals surface area contributed by atoms with Gasteiger partial charge >= 0.3 is 6.18 Å². The second kappa shape index (κ2) is 10.3. The summed E-state index contributed by atoms with van der Waals surface area (Å²) in [4.78, 5) is 6.82. The molecule has 1 aliphatic heterocycles. The summed E-state index contributed by atoms with van der Waals surface area (Å²) in [7, 11) is 0. The van der Waals surface area contributed by atoms with E-state index in [2.05, 4.69) is 27.1 Å². The third kappa shape index (κ3) is 6.55. The molecular formula is C19H27F3N4O. The SMILES string of the molecule is C=CCNC(=NCC(c1ccc(C(F)(F)F)cc1)N1CCOCC1)NCC. The number of aliphatic imine (C=N–C) groups is 1. The van der Waals surface area contributed by atoms with E-state index in [1.807, 2.05) is 6.92 Å². The number of ether oxygens (including phenoxy) is 1. The van der Waals surface area contributed by atoms with Crippen LogP contribution in [0, 0.1) is 0 Å². The second-order valence-corrected chi connectivity index (χ2v) is 6.17. The first-order valence-electron chi connectivity index (χ1n) is 9.07. The molecule has 27 heavy (non-hydrogen) atoms. The summed E-state index contributed by atoms with van der Waals surface area (Å²) in [5.41, 5.74) is 0.171. The summed E-state index contributed by atoms with van der Waals surface area (Å²) in [5.74, 6) is 0.655. The molecule has 2 N–H and O–H groups in total. The second-order valence-electron chi connectivity index (χ2n) is 6.17. The van der Waals surface area contributed by atoms with Gasteiger partial charge in [0.2, 0.25) is 0 Å². The molecule has 0 radical (unpaired) electrons. The average molecular weight is 384 g/mol. The van der Waals surface area contributed by atoms with E-state index in [1.54, 1.807) is 18.2 Å². The van der Waals surface area contributed by atoms with Crippen molar-refractivity contribution in [3.8, 4) is 0 Å². The first kappa shape index (κ1) is 21.2. The molecule has 0 bridgehead atoms. The van der Waals surface area contributed by atoms with Crippen LogP contribution >= 0.6 is 0 Å². The Morgan fingerprint density at radius 2 is 1.93 bits per heavy atom. The summed E-state index contributed by atoms with van der Waals surface area (Å²) < 4.78 is 44.0. The summed E-state index contributed by atoms with van der Waals surface area (Å²) in [6, 6.07) is 5.24. The van der Waals surface area contributed by atoms with E-state index in [0.717, 1.165) is 30.8 Å². The third-order valence-electron chi connectivity index (χ3n) is 4.29. The van der Waals surface area contributed by atoms with Gasteiger partial charge in [0.1, 0.15) is 0 Å². The number of halogens is 3. The van der Waals surface area contributed by atoms with Crippen LogP contribution in [0.4, 0.5) is 13.2 Å². The summed E-state index contributed by atoms with van der Waals surface area (Å²) in [5, 5.41) is 6.29. The van der Waals surface area contributed by atoms with Crippen molar-refractivity contribution in [2.45, 2.75) is 19.1 Å². The molecule has 0 saturated carbocycles. The zero-order valence-corrected chi connectivity index (χ0v) is 15.6. The molecule has 8 heteroatoms. The Bertz CT molecular complexity index is 610. The maximum absolute atomic E-state index is 12.9. The van der Waals surface area contributed by atoms with Gasteiger partial charge < -0.3 is 15.4 Å². The van der Waals surface area contributed by atoms with Crippen LogP contribution in [0.15, 0.2) is 41.9 Å². The number of guanidine groups is 1. The number of nitrogens with zero attached hydrogens (tertiary/aromatic N) is 2. The lowest BCUT2D eigenvalue weighted by atomic mass is 10.0. The van der Waals surface area contributed by atoms with Gasteiger partial charge in [-0.1, -0.05) is 18.2 Å². The minimum atomic E-state index is -4.34. The highest BCUT2D eigenvalue weighted by Gasteiger charge is 2.31. The molecule has 0 spiro atoms.